The third-order valence-electron chi connectivity index (χ3n) is 6.41. The molecule has 0 amide bonds. The Morgan fingerprint density at radius 3 is 2.53 bits per heavy atom. The average molecular weight is 447 g/mol. The van der Waals surface area contributed by atoms with Crippen molar-refractivity contribution in [3.8, 4) is 5.75 Å². The molecule has 0 bridgehead atoms. The second-order valence-electron chi connectivity index (χ2n) is 8.99. The lowest BCUT2D eigenvalue weighted by molar-refractivity contribution is 0.242. The van der Waals surface area contributed by atoms with E-state index in [-0.39, 0.29) is 18.2 Å². The first kappa shape index (κ1) is 21.0. The van der Waals surface area contributed by atoms with Crippen LogP contribution in [0.15, 0.2) is 67.1 Å². The molecule has 1 saturated heterocycles. The van der Waals surface area contributed by atoms with E-state index in [1.165, 1.54) is 31.2 Å². The molecule has 1 aliphatic carbocycles. The summed E-state index contributed by atoms with van der Waals surface area (Å²) in [6, 6.07) is 17.1. The summed E-state index contributed by atoms with van der Waals surface area (Å²) < 4.78 is 8.24. The Morgan fingerprint density at radius 1 is 1.06 bits per heavy atom. The highest BCUT2D eigenvalue weighted by Crippen LogP contribution is 2.42. The molecule has 3 heterocycles. The normalized spacial score (nSPS) is 21.3. The molecule has 1 N–H and O–H groups in total. The Hall–Kier alpha value is -2.86. The topological polar surface area (TPSA) is 42.3 Å². The highest BCUT2D eigenvalue weighted by atomic mass is 32.1. The van der Waals surface area contributed by atoms with Gasteiger partial charge in [0.25, 0.3) is 0 Å². The van der Waals surface area contributed by atoms with Crippen molar-refractivity contribution in [3.05, 3.63) is 78.4 Å². The highest BCUT2D eigenvalue weighted by Gasteiger charge is 2.41. The van der Waals surface area contributed by atoms with Gasteiger partial charge in [0, 0.05) is 30.3 Å². The second kappa shape index (κ2) is 8.94. The van der Waals surface area contributed by atoms with E-state index in [2.05, 4.69) is 56.4 Å². The van der Waals surface area contributed by atoms with Crippen LogP contribution < -0.4 is 15.0 Å². The van der Waals surface area contributed by atoms with Crippen molar-refractivity contribution in [2.24, 2.45) is 0 Å². The van der Waals surface area contributed by atoms with Gasteiger partial charge in [0.2, 0.25) is 0 Å². The summed E-state index contributed by atoms with van der Waals surface area (Å²) in [5.41, 5.74) is 3.30. The van der Waals surface area contributed by atoms with E-state index in [0.717, 1.165) is 22.2 Å². The number of nitrogens with zero attached hydrogens (tertiary/aromatic N) is 3. The van der Waals surface area contributed by atoms with Crippen LogP contribution in [-0.2, 0) is 0 Å². The van der Waals surface area contributed by atoms with Crippen molar-refractivity contribution in [1.82, 2.24) is 14.9 Å². The van der Waals surface area contributed by atoms with Crippen molar-refractivity contribution < 1.29 is 4.74 Å². The number of ether oxygens (including phenoxy) is 1. The lowest BCUT2D eigenvalue weighted by Gasteiger charge is -2.27. The molecule has 166 valence electrons. The molecule has 2 aliphatic rings. The Morgan fingerprint density at radius 2 is 1.84 bits per heavy atom. The van der Waals surface area contributed by atoms with E-state index < -0.39 is 0 Å². The van der Waals surface area contributed by atoms with E-state index in [9.17, 15) is 0 Å². The summed E-state index contributed by atoms with van der Waals surface area (Å²) >= 11 is 5.84. The molecule has 5 nitrogen and oxygen atoms in total. The van der Waals surface area contributed by atoms with Crippen LogP contribution in [0.25, 0.3) is 0 Å². The summed E-state index contributed by atoms with van der Waals surface area (Å²) in [4.78, 5) is 6.88. The maximum atomic E-state index is 5.84. The van der Waals surface area contributed by atoms with Gasteiger partial charge >= 0.3 is 0 Å². The standard InChI is InChI=1S/C26H30N4OS/c1-18(2)31-22-12-10-21(11-13-22)30-25(19-14-16-29(17-19)20-7-3-4-8-20)24(28-26(30)32)23-9-5-6-15-27-23/h5-6,9-18,20,24-25H,3-4,7-8H2,1-2H3,(H,28,32)/t24-,25+/m1/s1. The van der Waals surface area contributed by atoms with Crippen LogP contribution in [0.4, 0.5) is 5.69 Å². The molecule has 3 aromatic rings. The molecule has 5 rings (SSSR count). The smallest absolute Gasteiger partial charge is 0.174 e. The fourth-order valence-corrected chi connectivity index (χ4v) is 5.31. The number of benzene rings is 1. The van der Waals surface area contributed by atoms with Crippen LogP contribution in [0.3, 0.4) is 0 Å². The van der Waals surface area contributed by atoms with Crippen molar-refractivity contribution in [1.29, 1.82) is 0 Å². The summed E-state index contributed by atoms with van der Waals surface area (Å²) in [6.07, 6.45) is 11.7. The number of hydrogen-bond acceptors (Lipinski definition) is 3. The third-order valence-corrected chi connectivity index (χ3v) is 6.72. The maximum absolute atomic E-state index is 5.84. The summed E-state index contributed by atoms with van der Waals surface area (Å²) in [5, 5.41) is 4.27. The molecule has 0 spiro atoms. The van der Waals surface area contributed by atoms with Gasteiger partial charge in [-0.05, 0) is 86.9 Å². The van der Waals surface area contributed by atoms with E-state index in [4.69, 9.17) is 17.0 Å². The Kier molecular flexibility index (Phi) is 5.87. The van der Waals surface area contributed by atoms with Gasteiger partial charge < -0.3 is 19.5 Å². The van der Waals surface area contributed by atoms with Gasteiger partial charge in [0.15, 0.2) is 5.11 Å². The number of anilines is 1. The molecule has 6 heteroatoms. The van der Waals surface area contributed by atoms with E-state index in [1.54, 1.807) is 0 Å². The molecule has 2 atom stereocenters. The summed E-state index contributed by atoms with van der Waals surface area (Å²) in [6.45, 7) is 4.08. The molecule has 1 aliphatic heterocycles. The number of pyridine rings is 1. The Bertz CT molecular complexity index is 1060. The molecule has 1 saturated carbocycles. The number of thiocarbonyl (C=S) groups is 1. The predicted molar refractivity (Wildman–Crippen MR) is 132 cm³/mol. The van der Waals surface area contributed by atoms with E-state index >= 15 is 0 Å². The average Bonchev–Trinajstić information content (AvgIpc) is 3.54. The lowest BCUT2D eigenvalue weighted by Crippen LogP contribution is -2.29. The van der Waals surface area contributed by atoms with E-state index in [1.807, 2.05) is 44.3 Å². The first-order chi connectivity index (χ1) is 15.6. The first-order valence-electron chi connectivity index (χ1n) is 11.5. The monoisotopic (exact) mass is 446 g/mol. The Labute approximate surface area is 195 Å². The van der Waals surface area contributed by atoms with Gasteiger partial charge in [-0.1, -0.05) is 18.9 Å². The van der Waals surface area contributed by atoms with Gasteiger partial charge in [-0.3, -0.25) is 4.98 Å². The number of aromatic nitrogens is 2. The van der Waals surface area contributed by atoms with Crippen LogP contribution in [0.5, 0.6) is 5.75 Å². The molecule has 32 heavy (non-hydrogen) atoms. The third kappa shape index (κ3) is 4.11. The van der Waals surface area contributed by atoms with Crippen LogP contribution in [0.1, 0.15) is 68.9 Å². The quantitative estimate of drug-likeness (QED) is 0.473. The predicted octanol–water partition coefficient (Wildman–Crippen LogP) is 5.96. The van der Waals surface area contributed by atoms with Crippen LogP contribution >= 0.6 is 12.2 Å². The van der Waals surface area contributed by atoms with E-state index in [0.29, 0.717) is 6.04 Å². The molecule has 2 aromatic heterocycles. The van der Waals surface area contributed by atoms with Crippen LogP contribution in [0.2, 0.25) is 0 Å². The van der Waals surface area contributed by atoms with Gasteiger partial charge in [-0.15, -0.1) is 0 Å². The van der Waals surface area contributed by atoms with Gasteiger partial charge in [-0.2, -0.15) is 0 Å². The molecule has 0 radical (unpaired) electrons. The zero-order valence-corrected chi connectivity index (χ0v) is 19.5. The second-order valence-corrected chi connectivity index (χ2v) is 9.37. The largest absolute Gasteiger partial charge is 0.491 e. The number of nitrogens with one attached hydrogen (secondary N) is 1. The molecule has 0 unspecified atom stereocenters. The van der Waals surface area contributed by atoms with Crippen molar-refractivity contribution >= 4 is 23.0 Å². The molecular formula is C26H30N4OS. The first-order valence-corrected chi connectivity index (χ1v) is 12.0. The van der Waals surface area contributed by atoms with Crippen LogP contribution in [0, 0.1) is 0 Å². The summed E-state index contributed by atoms with van der Waals surface area (Å²) in [5.74, 6) is 0.868. The maximum Gasteiger partial charge on any atom is 0.174 e. The van der Waals surface area contributed by atoms with Crippen LogP contribution in [-0.4, -0.2) is 20.8 Å². The zero-order valence-electron chi connectivity index (χ0n) is 18.6. The molecular weight excluding hydrogens is 416 g/mol. The minimum absolute atomic E-state index is 0.0188. The molecule has 2 fully saturated rings. The number of hydrogen-bond donors (Lipinski definition) is 1. The fourth-order valence-electron chi connectivity index (χ4n) is 4.96. The minimum atomic E-state index is -0.0188. The van der Waals surface area contributed by atoms with Gasteiger partial charge in [-0.25, -0.2) is 0 Å². The highest BCUT2D eigenvalue weighted by molar-refractivity contribution is 7.80. The van der Waals surface area contributed by atoms with Gasteiger partial charge in [0.05, 0.1) is 23.9 Å². The minimum Gasteiger partial charge on any atom is -0.491 e. The van der Waals surface area contributed by atoms with Crippen molar-refractivity contribution in [2.45, 2.75) is 63.8 Å². The molecule has 1 aromatic carbocycles. The van der Waals surface area contributed by atoms with Crippen molar-refractivity contribution in [3.63, 3.8) is 0 Å². The van der Waals surface area contributed by atoms with Crippen molar-refractivity contribution in [2.75, 3.05) is 4.90 Å². The zero-order chi connectivity index (χ0) is 22.1. The number of rotatable bonds is 6. The fraction of sp³-hybridized carbons (Fsp3) is 0.385. The SMILES string of the molecule is CC(C)Oc1ccc(N2C(=S)N[C@H](c3ccccn3)[C@@H]2c2ccn(C3CCCC3)c2)cc1. The Balaban J connectivity index is 1.51. The lowest BCUT2D eigenvalue weighted by atomic mass is 9.98. The van der Waals surface area contributed by atoms with Gasteiger partial charge in [0.1, 0.15) is 5.75 Å². The summed E-state index contributed by atoms with van der Waals surface area (Å²) in [7, 11) is 0.